The molecule has 2 N–H and O–H groups in total. The van der Waals surface area contributed by atoms with Crippen LogP contribution in [0.4, 0.5) is 11.5 Å². The second-order valence-corrected chi connectivity index (χ2v) is 7.79. The lowest BCUT2D eigenvalue weighted by molar-refractivity contribution is -0.128. The fraction of sp³-hybridized carbons (Fsp3) is 0.278. The Kier molecular flexibility index (Phi) is 5.23. The molecule has 4 rings (SSSR count). The molecule has 2 amide bonds. The van der Waals surface area contributed by atoms with Crippen molar-refractivity contribution in [3.63, 3.8) is 0 Å². The maximum atomic E-state index is 12.7. The molecular weight excluding hydrogens is 406 g/mol. The number of hydrogen-bond donors (Lipinski definition) is 2. The number of rotatable bonds is 6. The number of hydrogen-bond acceptors (Lipinski definition) is 9. The second-order valence-electron chi connectivity index (χ2n) is 6.82. The van der Waals surface area contributed by atoms with Gasteiger partial charge in [-0.3, -0.25) is 14.7 Å². The summed E-state index contributed by atoms with van der Waals surface area (Å²) in [5, 5.41) is 11.1. The van der Waals surface area contributed by atoms with Crippen LogP contribution in [0.5, 0.6) is 0 Å². The van der Waals surface area contributed by atoms with Gasteiger partial charge in [-0.1, -0.05) is 11.3 Å². The summed E-state index contributed by atoms with van der Waals surface area (Å²) in [6, 6.07) is 1.88. The van der Waals surface area contributed by atoms with Gasteiger partial charge in [-0.2, -0.15) is 5.10 Å². The molecule has 30 heavy (non-hydrogen) atoms. The van der Waals surface area contributed by atoms with Crippen molar-refractivity contribution in [2.75, 3.05) is 33.0 Å². The maximum absolute atomic E-state index is 12.7. The van der Waals surface area contributed by atoms with E-state index in [0.29, 0.717) is 34.0 Å². The summed E-state index contributed by atoms with van der Waals surface area (Å²) >= 11 is 1.18. The summed E-state index contributed by atoms with van der Waals surface area (Å²) < 4.78 is 0. The van der Waals surface area contributed by atoms with Gasteiger partial charge in [0.05, 0.1) is 18.1 Å². The highest BCUT2D eigenvalue weighted by Gasteiger charge is 2.20. The third kappa shape index (κ3) is 3.89. The molecule has 0 saturated carbocycles. The Morgan fingerprint density at radius 1 is 1.17 bits per heavy atom. The highest BCUT2D eigenvalue weighted by atomic mass is 32.1. The first-order chi connectivity index (χ1) is 14.4. The van der Waals surface area contributed by atoms with Crippen molar-refractivity contribution in [1.82, 2.24) is 39.9 Å². The molecule has 4 aromatic heterocycles. The van der Waals surface area contributed by atoms with Crippen molar-refractivity contribution in [3.05, 3.63) is 29.8 Å². The molecule has 0 aromatic carbocycles. The fourth-order valence-corrected chi connectivity index (χ4v) is 3.63. The van der Waals surface area contributed by atoms with E-state index in [1.807, 2.05) is 6.07 Å². The summed E-state index contributed by atoms with van der Waals surface area (Å²) in [5.41, 5.74) is 1.89. The zero-order valence-corrected chi connectivity index (χ0v) is 17.4. The Morgan fingerprint density at radius 2 is 2.00 bits per heavy atom. The molecular formula is C18H19N9O2S. The van der Waals surface area contributed by atoms with Crippen LogP contribution in [0.2, 0.25) is 0 Å². The van der Waals surface area contributed by atoms with E-state index in [4.69, 9.17) is 0 Å². The number of H-pyrrole nitrogens is 1. The lowest BCUT2D eigenvalue weighted by Crippen LogP contribution is -2.32. The molecule has 0 atom stereocenters. The van der Waals surface area contributed by atoms with Crippen LogP contribution in [0, 0.1) is 0 Å². The van der Waals surface area contributed by atoms with Crippen LogP contribution in [0.15, 0.2) is 24.8 Å². The van der Waals surface area contributed by atoms with Crippen molar-refractivity contribution in [3.8, 4) is 0 Å². The number of aromatic nitrogens is 6. The van der Waals surface area contributed by atoms with Gasteiger partial charge in [0.1, 0.15) is 16.7 Å². The average Bonchev–Trinajstić information content (AvgIpc) is 3.38. The Morgan fingerprint density at radius 3 is 2.80 bits per heavy atom. The Bertz CT molecular complexity index is 1230. The molecule has 0 unspecified atom stereocenters. The van der Waals surface area contributed by atoms with Crippen molar-refractivity contribution < 1.29 is 9.59 Å². The Hall–Kier alpha value is -3.67. The molecule has 11 nitrogen and oxygen atoms in total. The molecule has 0 radical (unpaired) electrons. The molecule has 4 heterocycles. The zero-order chi connectivity index (χ0) is 21.3. The van der Waals surface area contributed by atoms with Gasteiger partial charge >= 0.3 is 0 Å². The maximum Gasteiger partial charge on any atom is 0.282 e. The highest BCUT2D eigenvalue weighted by Crippen LogP contribution is 2.28. The number of amides is 2. The smallest absolute Gasteiger partial charge is 0.282 e. The van der Waals surface area contributed by atoms with Gasteiger partial charge in [0.15, 0.2) is 16.5 Å². The van der Waals surface area contributed by atoms with Gasteiger partial charge in [0, 0.05) is 39.5 Å². The lowest BCUT2D eigenvalue weighted by atomic mass is 10.3. The van der Waals surface area contributed by atoms with E-state index >= 15 is 0 Å². The Balaban J connectivity index is 1.55. The van der Waals surface area contributed by atoms with E-state index in [0.717, 1.165) is 5.39 Å². The van der Waals surface area contributed by atoms with Gasteiger partial charge in [-0.05, 0) is 6.07 Å². The van der Waals surface area contributed by atoms with Gasteiger partial charge in [0.25, 0.3) is 5.91 Å². The molecule has 0 aliphatic carbocycles. The zero-order valence-electron chi connectivity index (χ0n) is 16.6. The highest BCUT2D eigenvalue weighted by molar-refractivity contribution is 7.19. The first-order valence-corrected chi connectivity index (χ1v) is 9.87. The van der Waals surface area contributed by atoms with Crippen LogP contribution < -0.4 is 5.32 Å². The molecule has 0 aliphatic rings. The van der Waals surface area contributed by atoms with Crippen molar-refractivity contribution in [2.24, 2.45) is 0 Å². The Labute approximate surface area is 175 Å². The monoisotopic (exact) mass is 425 g/mol. The molecule has 0 bridgehead atoms. The summed E-state index contributed by atoms with van der Waals surface area (Å²) in [5.74, 6) is 0.168. The van der Waals surface area contributed by atoms with Crippen molar-refractivity contribution in [2.45, 2.75) is 6.42 Å². The minimum Gasteiger partial charge on any atom is -0.349 e. The topological polar surface area (TPSA) is 133 Å². The first kappa shape index (κ1) is 19.6. The van der Waals surface area contributed by atoms with E-state index < -0.39 is 0 Å². The number of nitrogens with zero attached hydrogens (tertiary/aromatic N) is 7. The van der Waals surface area contributed by atoms with Crippen molar-refractivity contribution >= 4 is 56.0 Å². The third-order valence-electron chi connectivity index (χ3n) is 4.44. The summed E-state index contributed by atoms with van der Waals surface area (Å²) in [7, 11) is 5.02. The van der Waals surface area contributed by atoms with Crippen LogP contribution in [0.25, 0.3) is 21.4 Å². The summed E-state index contributed by atoms with van der Waals surface area (Å²) in [6.07, 6.45) is 5.00. The summed E-state index contributed by atoms with van der Waals surface area (Å²) in [4.78, 5) is 45.3. The molecule has 0 aliphatic heterocycles. The first-order valence-electron chi connectivity index (χ1n) is 9.05. The molecule has 154 valence electrons. The number of thiazole rings is 1. The van der Waals surface area contributed by atoms with Gasteiger partial charge in [-0.15, -0.1) is 0 Å². The minimum atomic E-state index is -0.267. The van der Waals surface area contributed by atoms with E-state index in [1.165, 1.54) is 27.5 Å². The predicted molar refractivity (Wildman–Crippen MR) is 113 cm³/mol. The number of nitrogens with one attached hydrogen (secondary N) is 2. The SMILES string of the molecule is CN(C)C(=O)CCN(C)C(=O)c1nc2c(Nc3cnc4[nH]ncc4c3)ncnc2s1. The molecule has 0 saturated heterocycles. The quantitative estimate of drug-likeness (QED) is 0.476. The largest absolute Gasteiger partial charge is 0.349 e. The number of aromatic amines is 1. The standard InChI is InChI=1S/C18H19N9O2S/c1-26(2)12(28)4-5-27(3)18(29)17-24-13-15(20-9-21-16(13)30-17)23-11-6-10-7-22-25-14(10)19-8-11/h6-9H,4-5H2,1-3H3,(H,19,22,25)(H,20,21,23). The normalized spacial score (nSPS) is 11.0. The molecule has 12 heteroatoms. The van der Waals surface area contributed by atoms with Crippen LogP contribution in [-0.4, -0.2) is 79.4 Å². The van der Waals surface area contributed by atoms with Crippen LogP contribution in [-0.2, 0) is 4.79 Å². The summed E-state index contributed by atoms with van der Waals surface area (Å²) in [6.45, 7) is 0.305. The van der Waals surface area contributed by atoms with E-state index in [-0.39, 0.29) is 23.2 Å². The second kappa shape index (κ2) is 7.99. The number of pyridine rings is 1. The minimum absolute atomic E-state index is 0.0421. The van der Waals surface area contributed by atoms with Gasteiger partial charge in [0.2, 0.25) is 5.91 Å². The van der Waals surface area contributed by atoms with E-state index in [1.54, 1.807) is 33.5 Å². The average molecular weight is 425 g/mol. The number of carbonyl (C=O) groups excluding carboxylic acids is 2. The molecule has 0 fully saturated rings. The molecule has 0 spiro atoms. The lowest BCUT2D eigenvalue weighted by Gasteiger charge is -2.17. The fourth-order valence-electron chi connectivity index (χ4n) is 2.73. The van der Waals surface area contributed by atoms with Crippen LogP contribution >= 0.6 is 11.3 Å². The molecule has 4 aromatic rings. The van der Waals surface area contributed by atoms with Crippen molar-refractivity contribution in [1.29, 1.82) is 0 Å². The number of fused-ring (bicyclic) bond motifs is 2. The van der Waals surface area contributed by atoms with Crippen LogP contribution in [0.1, 0.15) is 16.2 Å². The van der Waals surface area contributed by atoms with E-state index in [2.05, 4.69) is 35.5 Å². The van der Waals surface area contributed by atoms with Crippen LogP contribution in [0.3, 0.4) is 0 Å². The van der Waals surface area contributed by atoms with Gasteiger partial charge < -0.3 is 15.1 Å². The third-order valence-corrected chi connectivity index (χ3v) is 5.39. The number of anilines is 2. The van der Waals surface area contributed by atoms with Gasteiger partial charge in [-0.25, -0.2) is 19.9 Å². The number of carbonyl (C=O) groups is 2. The predicted octanol–water partition coefficient (Wildman–Crippen LogP) is 1.65. The van der Waals surface area contributed by atoms with E-state index in [9.17, 15) is 9.59 Å².